The van der Waals surface area contributed by atoms with Crippen molar-refractivity contribution in [1.29, 1.82) is 0 Å². The minimum Gasteiger partial charge on any atom is -0.393 e. The summed E-state index contributed by atoms with van der Waals surface area (Å²) >= 11 is 0. The number of aliphatic hydroxyl groups is 1. The van der Waals surface area contributed by atoms with Crippen LogP contribution < -0.4 is 0 Å². The van der Waals surface area contributed by atoms with Gasteiger partial charge in [-0.1, -0.05) is 18.6 Å². The lowest BCUT2D eigenvalue weighted by Gasteiger charge is -2.55. The van der Waals surface area contributed by atoms with E-state index in [0.717, 1.165) is 44.9 Å². The molecule has 3 heteroatoms. The number of aliphatic hydroxyl groups excluding tert-OH is 1. The number of ketones is 1. The highest BCUT2D eigenvalue weighted by Gasteiger charge is 2.59. The van der Waals surface area contributed by atoms with Crippen molar-refractivity contribution in [1.82, 2.24) is 0 Å². The molecule has 0 aromatic carbocycles. The van der Waals surface area contributed by atoms with Gasteiger partial charge >= 0.3 is 0 Å². The van der Waals surface area contributed by atoms with E-state index in [1.807, 2.05) is 0 Å². The fourth-order valence-corrected chi connectivity index (χ4v) is 6.34. The van der Waals surface area contributed by atoms with Crippen LogP contribution in [0.15, 0.2) is 11.6 Å². The summed E-state index contributed by atoms with van der Waals surface area (Å²) in [7, 11) is 0. The summed E-state index contributed by atoms with van der Waals surface area (Å²) in [6.45, 7) is 2.17. The van der Waals surface area contributed by atoms with E-state index in [0.29, 0.717) is 30.0 Å². The highest BCUT2D eigenvalue weighted by atomic mass is 16.3. The molecule has 0 radical (unpaired) electrons. The summed E-state index contributed by atoms with van der Waals surface area (Å²) in [6, 6.07) is 0. The molecule has 1 unspecified atom stereocenters. The van der Waals surface area contributed by atoms with Crippen LogP contribution in [0.25, 0.3) is 0 Å². The Morgan fingerprint density at radius 1 is 1.23 bits per heavy atom. The number of hydrogen-bond donors (Lipinski definition) is 1. The highest BCUT2D eigenvalue weighted by molar-refractivity contribution is 5.87. The van der Waals surface area contributed by atoms with Crippen LogP contribution in [0.4, 0.5) is 0 Å². The molecule has 1 N–H and O–H groups in total. The predicted octanol–water partition coefficient (Wildman–Crippen LogP) is 3.06. The monoisotopic (exact) mass is 302 g/mol. The molecule has 0 amide bonds. The van der Waals surface area contributed by atoms with Crippen molar-refractivity contribution >= 4 is 12.1 Å². The lowest BCUT2D eigenvalue weighted by molar-refractivity contribution is -0.135. The largest absolute Gasteiger partial charge is 0.393 e. The zero-order chi connectivity index (χ0) is 15.5. The Kier molecular flexibility index (Phi) is 3.17. The van der Waals surface area contributed by atoms with E-state index < -0.39 is 0 Å². The zero-order valence-electron chi connectivity index (χ0n) is 13.4. The first-order valence-electron chi connectivity index (χ1n) is 8.88. The van der Waals surface area contributed by atoms with E-state index >= 15 is 0 Å². The van der Waals surface area contributed by atoms with Gasteiger partial charge < -0.3 is 9.90 Å². The van der Waals surface area contributed by atoms with E-state index in [1.165, 1.54) is 11.9 Å². The molecule has 0 aromatic heterocycles. The molecule has 4 rings (SSSR count). The van der Waals surface area contributed by atoms with Gasteiger partial charge in [0, 0.05) is 11.8 Å². The molecule has 22 heavy (non-hydrogen) atoms. The maximum Gasteiger partial charge on any atom is 0.139 e. The average molecular weight is 302 g/mol. The molecule has 0 aliphatic heterocycles. The smallest absolute Gasteiger partial charge is 0.139 e. The second-order valence-electron chi connectivity index (χ2n) is 8.31. The Hall–Kier alpha value is -0.960. The van der Waals surface area contributed by atoms with Crippen LogP contribution in [0.5, 0.6) is 0 Å². The number of fused-ring (bicyclic) bond motifs is 5. The maximum absolute atomic E-state index is 12.4. The van der Waals surface area contributed by atoms with Gasteiger partial charge in [0.25, 0.3) is 0 Å². The van der Waals surface area contributed by atoms with Crippen LogP contribution in [0, 0.1) is 28.6 Å². The fourth-order valence-electron chi connectivity index (χ4n) is 6.34. The summed E-state index contributed by atoms with van der Waals surface area (Å²) in [5.74, 6) is 1.78. The Morgan fingerprint density at radius 3 is 2.82 bits per heavy atom. The number of allylic oxidation sites excluding steroid dienone is 1. The molecule has 3 saturated carbocycles. The van der Waals surface area contributed by atoms with Crippen molar-refractivity contribution in [3.63, 3.8) is 0 Å². The highest BCUT2D eigenvalue weighted by Crippen LogP contribution is 2.63. The van der Waals surface area contributed by atoms with Gasteiger partial charge in [0.2, 0.25) is 0 Å². The topological polar surface area (TPSA) is 54.4 Å². The number of carbonyl (C=O) groups excluding carboxylic acids is 2. The van der Waals surface area contributed by atoms with Crippen molar-refractivity contribution in [3.05, 3.63) is 11.6 Å². The first kappa shape index (κ1) is 14.6. The molecule has 0 spiro atoms. The molecular formula is C19H26O3. The molecular weight excluding hydrogens is 276 g/mol. The second kappa shape index (κ2) is 4.77. The number of carbonyl (C=O) groups is 2. The Balaban J connectivity index is 1.73. The van der Waals surface area contributed by atoms with E-state index in [-0.39, 0.29) is 16.9 Å². The van der Waals surface area contributed by atoms with E-state index in [1.54, 1.807) is 0 Å². The van der Waals surface area contributed by atoms with Crippen LogP contribution in [-0.2, 0) is 9.59 Å². The molecule has 0 bridgehead atoms. The SMILES string of the molecule is C[C@]12CC[C@@H]3[C@@H](CC=C4CC(O)CC[C@@]43C=O)[C@@H]1CCC2=O. The molecule has 6 atom stereocenters. The molecule has 4 aliphatic carbocycles. The molecule has 3 fully saturated rings. The summed E-state index contributed by atoms with van der Waals surface area (Å²) in [4.78, 5) is 24.5. The van der Waals surface area contributed by atoms with Crippen LogP contribution in [0.3, 0.4) is 0 Å². The van der Waals surface area contributed by atoms with Gasteiger partial charge in [-0.3, -0.25) is 4.79 Å². The van der Waals surface area contributed by atoms with E-state index in [2.05, 4.69) is 13.0 Å². The van der Waals surface area contributed by atoms with Crippen molar-refractivity contribution in [2.75, 3.05) is 0 Å². The van der Waals surface area contributed by atoms with Gasteiger partial charge in [-0.2, -0.15) is 0 Å². The first-order valence-corrected chi connectivity index (χ1v) is 8.88. The Labute approximate surface area is 132 Å². The number of Topliss-reactive ketones (excluding diaryl/α,β-unsaturated/α-hetero) is 1. The van der Waals surface area contributed by atoms with E-state index in [4.69, 9.17) is 0 Å². The molecule has 0 saturated heterocycles. The normalized spacial score (nSPS) is 50.6. The maximum atomic E-state index is 12.4. The standard InChI is InChI=1S/C19H26O3/c1-18-8-7-16-14(15(18)4-5-17(18)22)3-2-12-10-13(21)6-9-19(12,16)11-20/h2,11,13-16,21H,3-10H2,1H3/t13?,14-,15-,16+,18-,19+/m0/s1. The third-order valence-electron chi connectivity index (χ3n) is 7.60. The third-order valence-corrected chi connectivity index (χ3v) is 7.60. The Morgan fingerprint density at radius 2 is 2.05 bits per heavy atom. The van der Waals surface area contributed by atoms with Crippen LogP contribution in [0.2, 0.25) is 0 Å². The molecule has 0 heterocycles. The summed E-state index contributed by atoms with van der Waals surface area (Å²) < 4.78 is 0. The lowest BCUT2D eigenvalue weighted by Crippen LogP contribution is -2.52. The molecule has 3 nitrogen and oxygen atoms in total. The molecule has 0 aromatic rings. The predicted molar refractivity (Wildman–Crippen MR) is 83.1 cm³/mol. The van der Waals surface area contributed by atoms with Crippen molar-refractivity contribution in [2.45, 2.75) is 64.4 Å². The minimum absolute atomic E-state index is 0.134. The van der Waals surface area contributed by atoms with Crippen molar-refractivity contribution < 1.29 is 14.7 Å². The molecule has 120 valence electrons. The lowest BCUT2D eigenvalue weighted by atomic mass is 9.48. The average Bonchev–Trinajstić information content (AvgIpc) is 2.82. The summed E-state index contributed by atoms with van der Waals surface area (Å²) in [6.07, 6.45) is 10.0. The summed E-state index contributed by atoms with van der Waals surface area (Å²) in [5.41, 5.74) is 0.718. The van der Waals surface area contributed by atoms with Crippen LogP contribution >= 0.6 is 0 Å². The van der Waals surface area contributed by atoms with Crippen molar-refractivity contribution in [3.8, 4) is 0 Å². The fraction of sp³-hybridized carbons (Fsp3) is 0.789. The van der Waals surface area contributed by atoms with Crippen LogP contribution in [-0.4, -0.2) is 23.3 Å². The third kappa shape index (κ3) is 1.72. The number of aldehydes is 1. The zero-order valence-corrected chi connectivity index (χ0v) is 13.4. The van der Waals surface area contributed by atoms with E-state index in [9.17, 15) is 14.7 Å². The molecule has 4 aliphatic rings. The quantitative estimate of drug-likeness (QED) is 0.598. The van der Waals surface area contributed by atoms with Gasteiger partial charge in [-0.15, -0.1) is 0 Å². The van der Waals surface area contributed by atoms with Gasteiger partial charge in [-0.25, -0.2) is 0 Å². The number of rotatable bonds is 1. The minimum atomic E-state index is -0.338. The first-order chi connectivity index (χ1) is 10.5. The summed E-state index contributed by atoms with van der Waals surface area (Å²) in [5, 5.41) is 9.98. The van der Waals surface area contributed by atoms with Gasteiger partial charge in [0.1, 0.15) is 12.1 Å². The van der Waals surface area contributed by atoms with Crippen molar-refractivity contribution in [2.24, 2.45) is 28.6 Å². The van der Waals surface area contributed by atoms with Gasteiger partial charge in [0.15, 0.2) is 0 Å². The number of hydrogen-bond acceptors (Lipinski definition) is 3. The van der Waals surface area contributed by atoms with Crippen LogP contribution in [0.1, 0.15) is 58.3 Å². The second-order valence-corrected chi connectivity index (χ2v) is 8.31. The van der Waals surface area contributed by atoms with Gasteiger partial charge in [-0.05, 0) is 62.7 Å². The van der Waals surface area contributed by atoms with Gasteiger partial charge in [0.05, 0.1) is 11.5 Å². The Bertz CT molecular complexity index is 551.